The van der Waals surface area contributed by atoms with Gasteiger partial charge in [0.2, 0.25) is 0 Å². The van der Waals surface area contributed by atoms with Crippen molar-refractivity contribution in [3.05, 3.63) is 52.1 Å². The van der Waals surface area contributed by atoms with Crippen LogP contribution in [0.2, 0.25) is 0 Å². The molecule has 1 N–H and O–H groups in total. The number of nitrogens with one attached hydrogen (secondary N) is 1. The first-order valence-corrected chi connectivity index (χ1v) is 7.57. The van der Waals surface area contributed by atoms with Crippen molar-refractivity contribution in [2.75, 3.05) is 13.6 Å². The van der Waals surface area contributed by atoms with E-state index in [0.29, 0.717) is 19.0 Å². The molecule has 0 aliphatic rings. The lowest BCUT2D eigenvalue weighted by atomic mass is 10.2. The van der Waals surface area contributed by atoms with Crippen LogP contribution in [-0.4, -0.2) is 44.1 Å². The number of non-ortho nitro benzene ring substituents is 1. The second-order valence-electron chi connectivity index (χ2n) is 5.25. The molecule has 0 atom stereocenters. The van der Waals surface area contributed by atoms with Crippen LogP contribution in [0.25, 0.3) is 0 Å². The van der Waals surface area contributed by atoms with Crippen molar-refractivity contribution in [2.24, 2.45) is 12.0 Å². The molecule has 9 nitrogen and oxygen atoms in total. The Morgan fingerprint density at radius 2 is 2.24 bits per heavy atom. The first-order chi connectivity index (χ1) is 11.5. The van der Waals surface area contributed by atoms with Crippen molar-refractivity contribution in [1.82, 2.24) is 25.0 Å². The van der Waals surface area contributed by atoms with Gasteiger partial charge in [-0.2, -0.15) is 5.10 Å². The standard InChI is InChI=1S/C15H21N7O2.HI/c1-4-16-15(20(2)10-14-18-11-19-21(14)3)17-9-12-6-5-7-13(8-12)22(23)24;/h5-8,11H,4,9-10H2,1-3H3,(H,16,17);1H. The number of rotatable bonds is 6. The highest BCUT2D eigenvalue weighted by atomic mass is 127. The number of guanidine groups is 1. The summed E-state index contributed by atoms with van der Waals surface area (Å²) in [6, 6.07) is 6.50. The van der Waals surface area contributed by atoms with Crippen LogP contribution in [0.3, 0.4) is 0 Å². The van der Waals surface area contributed by atoms with Gasteiger partial charge in [0.1, 0.15) is 12.2 Å². The number of benzene rings is 1. The second-order valence-corrected chi connectivity index (χ2v) is 5.25. The molecular formula is C15H22IN7O2. The van der Waals surface area contributed by atoms with Crippen LogP contribution < -0.4 is 5.32 Å². The lowest BCUT2D eigenvalue weighted by molar-refractivity contribution is -0.384. The topological polar surface area (TPSA) is 101 Å². The summed E-state index contributed by atoms with van der Waals surface area (Å²) in [5.74, 6) is 1.52. The summed E-state index contributed by atoms with van der Waals surface area (Å²) in [7, 11) is 3.74. The number of nitrogens with zero attached hydrogens (tertiary/aromatic N) is 6. The van der Waals surface area contributed by atoms with Gasteiger partial charge in [-0.05, 0) is 12.5 Å². The van der Waals surface area contributed by atoms with Crippen molar-refractivity contribution in [3.8, 4) is 0 Å². The van der Waals surface area contributed by atoms with E-state index >= 15 is 0 Å². The number of nitro benzene ring substituents is 1. The third-order valence-corrected chi connectivity index (χ3v) is 3.41. The average Bonchev–Trinajstić information content (AvgIpc) is 2.96. The number of aryl methyl sites for hydroxylation is 1. The molecule has 1 aromatic heterocycles. The Morgan fingerprint density at radius 3 is 2.84 bits per heavy atom. The fourth-order valence-corrected chi connectivity index (χ4v) is 2.15. The predicted molar refractivity (Wildman–Crippen MR) is 106 cm³/mol. The zero-order chi connectivity index (χ0) is 17.5. The van der Waals surface area contributed by atoms with Gasteiger partial charge in [0.25, 0.3) is 5.69 Å². The molecule has 0 unspecified atom stereocenters. The van der Waals surface area contributed by atoms with Gasteiger partial charge >= 0.3 is 0 Å². The Kier molecular flexibility index (Phi) is 8.25. The number of halogens is 1. The summed E-state index contributed by atoms with van der Waals surface area (Å²) < 4.78 is 1.71. The van der Waals surface area contributed by atoms with Gasteiger partial charge in [-0.15, -0.1) is 24.0 Å². The molecule has 0 spiro atoms. The fourth-order valence-electron chi connectivity index (χ4n) is 2.15. The molecule has 0 saturated carbocycles. The molecule has 0 aliphatic heterocycles. The quantitative estimate of drug-likeness (QED) is 0.233. The molecule has 0 saturated heterocycles. The van der Waals surface area contributed by atoms with Crippen LogP contribution in [0.4, 0.5) is 5.69 Å². The Hall–Kier alpha value is -2.24. The molecule has 2 aromatic rings. The number of hydrogen-bond acceptors (Lipinski definition) is 5. The molecule has 0 aliphatic carbocycles. The third kappa shape index (κ3) is 5.96. The van der Waals surface area contributed by atoms with E-state index in [4.69, 9.17) is 0 Å². The van der Waals surface area contributed by atoms with Gasteiger partial charge in [-0.25, -0.2) is 9.98 Å². The van der Waals surface area contributed by atoms with E-state index in [1.165, 1.54) is 18.5 Å². The smallest absolute Gasteiger partial charge is 0.269 e. The predicted octanol–water partition coefficient (Wildman–Crippen LogP) is 1.94. The maximum Gasteiger partial charge on any atom is 0.269 e. The fraction of sp³-hybridized carbons (Fsp3) is 0.400. The highest BCUT2D eigenvalue weighted by Gasteiger charge is 2.10. The first kappa shape index (κ1) is 20.8. The van der Waals surface area contributed by atoms with E-state index in [9.17, 15) is 10.1 Å². The molecule has 0 bridgehead atoms. The van der Waals surface area contributed by atoms with Gasteiger partial charge in [-0.3, -0.25) is 14.8 Å². The van der Waals surface area contributed by atoms with Crippen molar-refractivity contribution in [2.45, 2.75) is 20.0 Å². The Labute approximate surface area is 163 Å². The molecule has 1 aromatic carbocycles. The minimum atomic E-state index is -0.404. The number of hydrogen-bond donors (Lipinski definition) is 1. The summed E-state index contributed by atoms with van der Waals surface area (Å²) in [4.78, 5) is 21.1. The number of aliphatic imine (C=N–C) groups is 1. The SMILES string of the molecule is CCNC(=NCc1cccc([N+](=O)[O-])c1)N(C)Cc1ncnn1C.I. The maximum absolute atomic E-state index is 10.8. The van der Waals surface area contributed by atoms with Gasteiger partial charge < -0.3 is 10.2 Å². The molecule has 0 fully saturated rings. The van der Waals surface area contributed by atoms with E-state index in [-0.39, 0.29) is 29.7 Å². The summed E-state index contributed by atoms with van der Waals surface area (Å²) in [5.41, 5.74) is 0.854. The second kappa shape index (κ2) is 9.91. The number of nitro groups is 1. The van der Waals surface area contributed by atoms with E-state index in [1.807, 2.05) is 32.0 Å². The van der Waals surface area contributed by atoms with Gasteiger partial charge in [-0.1, -0.05) is 12.1 Å². The highest BCUT2D eigenvalue weighted by Crippen LogP contribution is 2.13. The van der Waals surface area contributed by atoms with E-state index in [1.54, 1.807) is 10.7 Å². The number of aromatic nitrogens is 3. The van der Waals surface area contributed by atoms with E-state index in [0.717, 1.165) is 17.9 Å². The molecule has 136 valence electrons. The third-order valence-electron chi connectivity index (χ3n) is 3.41. The van der Waals surface area contributed by atoms with Crippen LogP contribution in [0.1, 0.15) is 18.3 Å². The van der Waals surface area contributed by atoms with E-state index in [2.05, 4.69) is 20.4 Å². The summed E-state index contributed by atoms with van der Waals surface area (Å²) in [6.45, 7) is 3.61. The summed E-state index contributed by atoms with van der Waals surface area (Å²) in [5, 5.41) is 18.1. The highest BCUT2D eigenvalue weighted by molar-refractivity contribution is 14.0. The molecule has 10 heteroatoms. The van der Waals surface area contributed by atoms with Crippen LogP contribution in [0, 0.1) is 10.1 Å². The minimum absolute atomic E-state index is 0. The van der Waals surface area contributed by atoms with E-state index < -0.39 is 4.92 Å². The molecular weight excluding hydrogens is 437 g/mol. The minimum Gasteiger partial charge on any atom is -0.357 e. The van der Waals surface area contributed by atoms with Crippen molar-refractivity contribution in [1.29, 1.82) is 0 Å². The largest absolute Gasteiger partial charge is 0.357 e. The zero-order valence-corrected chi connectivity index (χ0v) is 16.7. The molecule has 1 heterocycles. The Balaban J connectivity index is 0.00000312. The van der Waals surface area contributed by atoms with Crippen molar-refractivity contribution in [3.63, 3.8) is 0 Å². The van der Waals surface area contributed by atoms with Gasteiger partial charge in [0.05, 0.1) is 18.0 Å². The molecule has 2 rings (SSSR count). The Bertz CT molecular complexity index is 732. The van der Waals surface area contributed by atoms with Crippen LogP contribution in [0.5, 0.6) is 0 Å². The van der Waals surface area contributed by atoms with Crippen LogP contribution in [0.15, 0.2) is 35.6 Å². The first-order valence-electron chi connectivity index (χ1n) is 7.57. The molecule has 0 radical (unpaired) electrons. The molecule has 25 heavy (non-hydrogen) atoms. The van der Waals surface area contributed by atoms with Crippen LogP contribution >= 0.6 is 24.0 Å². The zero-order valence-electron chi connectivity index (χ0n) is 14.4. The maximum atomic E-state index is 10.8. The van der Waals surface area contributed by atoms with Gasteiger partial charge in [0.15, 0.2) is 5.96 Å². The summed E-state index contributed by atoms with van der Waals surface area (Å²) >= 11 is 0. The van der Waals surface area contributed by atoms with Crippen molar-refractivity contribution >= 4 is 35.6 Å². The molecule has 0 amide bonds. The summed E-state index contributed by atoms with van der Waals surface area (Å²) in [6.07, 6.45) is 1.51. The lowest BCUT2D eigenvalue weighted by Crippen LogP contribution is -2.39. The Morgan fingerprint density at radius 1 is 1.48 bits per heavy atom. The average molecular weight is 459 g/mol. The van der Waals surface area contributed by atoms with Crippen molar-refractivity contribution < 1.29 is 4.92 Å². The lowest BCUT2D eigenvalue weighted by Gasteiger charge is -2.21. The van der Waals surface area contributed by atoms with Gasteiger partial charge in [0, 0.05) is 32.8 Å². The monoisotopic (exact) mass is 459 g/mol. The normalized spacial score (nSPS) is 10.9. The van der Waals surface area contributed by atoms with Crippen LogP contribution in [-0.2, 0) is 20.1 Å².